The van der Waals surface area contributed by atoms with Crippen LogP contribution in [0.3, 0.4) is 0 Å². The maximum Gasteiger partial charge on any atom is 0.307 e. The molecule has 1 saturated carbocycles. The van der Waals surface area contributed by atoms with Gasteiger partial charge in [-0.2, -0.15) is 0 Å². The number of hydrogen-bond acceptors (Lipinski definition) is 4. The van der Waals surface area contributed by atoms with E-state index in [4.69, 9.17) is 4.74 Å². The summed E-state index contributed by atoms with van der Waals surface area (Å²) in [5.74, 6) is 1.47. The summed E-state index contributed by atoms with van der Waals surface area (Å²) in [4.78, 5) is 24.3. The molecular formula is C19H34O3S. The fourth-order valence-electron chi connectivity index (χ4n) is 3.10. The number of carbonyl (C=O) groups excluding carboxylic acids is 2. The number of carbonyl (C=O) groups is 2. The van der Waals surface area contributed by atoms with Gasteiger partial charge in [0.25, 0.3) is 0 Å². The Morgan fingerprint density at radius 1 is 1.17 bits per heavy atom. The second-order valence-corrected chi connectivity index (χ2v) is 9.94. The van der Waals surface area contributed by atoms with Gasteiger partial charge in [0.2, 0.25) is 0 Å². The van der Waals surface area contributed by atoms with Crippen molar-refractivity contribution in [2.45, 2.75) is 85.5 Å². The Morgan fingerprint density at radius 3 is 2.30 bits per heavy atom. The van der Waals surface area contributed by atoms with E-state index in [2.05, 4.69) is 20.8 Å². The lowest BCUT2D eigenvalue weighted by Gasteiger charge is -2.36. The molecule has 0 N–H and O–H groups in total. The SMILES string of the molecule is CC(CC(=O)O[C@@H]1C[C@H](C)CC[C@H]1C(C)C)SC(=O)C(C)(C)C. The van der Waals surface area contributed by atoms with Crippen LogP contribution in [0.25, 0.3) is 0 Å². The molecule has 0 bridgehead atoms. The van der Waals surface area contributed by atoms with Crippen molar-refractivity contribution in [3.8, 4) is 0 Å². The standard InChI is InChI=1S/C19H34O3S/c1-12(2)15-9-8-13(3)10-16(15)22-17(20)11-14(4)23-18(21)19(5,6)7/h12-16H,8-11H2,1-7H3/t13-,14?,15+,16-/m1/s1. The molecular weight excluding hydrogens is 308 g/mol. The van der Waals surface area contributed by atoms with Gasteiger partial charge in [0.15, 0.2) is 5.12 Å². The Morgan fingerprint density at radius 2 is 1.78 bits per heavy atom. The maximum absolute atomic E-state index is 12.3. The Labute approximate surface area is 146 Å². The molecule has 1 unspecified atom stereocenters. The van der Waals surface area contributed by atoms with Crippen LogP contribution in [0.2, 0.25) is 0 Å². The highest BCUT2D eigenvalue weighted by Crippen LogP contribution is 2.36. The van der Waals surface area contributed by atoms with Gasteiger partial charge in [-0.3, -0.25) is 9.59 Å². The summed E-state index contributed by atoms with van der Waals surface area (Å²) in [7, 11) is 0. The van der Waals surface area contributed by atoms with Crippen LogP contribution in [-0.4, -0.2) is 22.4 Å². The minimum Gasteiger partial charge on any atom is -0.462 e. The summed E-state index contributed by atoms with van der Waals surface area (Å²) < 4.78 is 5.81. The van der Waals surface area contributed by atoms with Gasteiger partial charge >= 0.3 is 5.97 Å². The molecule has 0 aromatic heterocycles. The van der Waals surface area contributed by atoms with Crippen LogP contribution in [0.1, 0.15) is 74.1 Å². The zero-order valence-electron chi connectivity index (χ0n) is 15.8. The molecule has 0 aromatic rings. The molecule has 0 radical (unpaired) electrons. The van der Waals surface area contributed by atoms with Crippen LogP contribution in [0, 0.1) is 23.2 Å². The van der Waals surface area contributed by atoms with Gasteiger partial charge in [0, 0.05) is 10.7 Å². The topological polar surface area (TPSA) is 43.4 Å². The molecule has 0 aromatic carbocycles. The van der Waals surface area contributed by atoms with E-state index in [0.29, 0.717) is 24.2 Å². The van der Waals surface area contributed by atoms with E-state index >= 15 is 0 Å². The van der Waals surface area contributed by atoms with Crippen LogP contribution < -0.4 is 0 Å². The second-order valence-electron chi connectivity index (χ2n) is 8.52. The lowest BCUT2D eigenvalue weighted by atomic mass is 9.75. The summed E-state index contributed by atoms with van der Waals surface area (Å²) in [6, 6.07) is 0. The fraction of sp³-hybridized carbons (Fsp3) is 0.895. The first-order chi connectivity index (χ1) is 10.5. The van der Waals surface area contributed by atoms with Gasteiger partial charge in [-0.25, -0.2) is 0 Å². The van der Waals surface area contributed by atoms with Crippen molar-refractivity contribution in [3.05, 3.63) is 0 Å². The molecule has 23 heavy (non-hydrogen) atoms. The third-order valence-corrected chi connectivity index (χ3v) is 6.01. The quantitative estimate of drug-likeness (QED) is 0.654. The highest BCUT2D eigenvalue weighted by Gasteiger charge is 2.34. The van der Waals surface area contributed by atoms with E-state index in [1.54, 1.807) is 0 Å². The molecule has 134 valence electrons. The smallest absolute Gasteiger partial charge is 0.307 e. The molecule has 0 heterocycles. The molecule has 3 nitrogen and oxygen atoms in total. The van der Waals surface area contributed by atoms with Crippen molar-refractivity contribution < 1.29 is 14.3 Å². The van der Waals surface area contributed by atoms with Crippen LogP contribution in [-0.2, 0) is 14.3 Å². The van der Waals surface area contributed by atoms with Crippen LogP contribution >= 0.6 is 11.8 Å². The van der Waals surface area contributed by atoms with Crippen molar-refractivity contribution in [1.82, 2.24) is 0 Å². The Balaban J connectivity index is 2.52. The second kappa shape index (κ2) is 8.55. The molecule has 1 rings (SSSR count). The monoisotopic (exact) mass is 342 g/mol. The Bertz CT molecular complexity index is 411. The van der Waals surface area contributed by atoms with E-state index in [1.165, 1.54) is 18.2 Å². The first-order valence-corrected chi connectivity index (χ1v) is 9.79. The Hall–Kier alpha value is -0.510. The minimum atomic E-state index is -0.371. The van der Waals surface area contributed by atoms with E-state index in [0.717, 1.165) is 12.8 Å². The van der Waals surface area contributed by atoms with Crippen LogP contribution in [0.4, 0.5) is 0 Å². The average Bonchev–Trinajstić information content (AvgIpc) is 2.36. The number of rotatable bonds is 5. The molecule has 1 fully saturated rings. The first-order valence-electron chi connectivity index (χ1n) is 8.91. The largest absolute Gasteiger partial charge is 0.462 e. The number of esters is 1. The molecule has 4 atom stereocenters. The van der Waals surface area contributed by atoms with E-state index < -0.39 is 0 Å². The van der Waals surface area contributed by atoms with Crippen LogP contribution in [0.5, 0.6) is 0 Å². The highest BCUT2D eigenvalue weighted by atomic mass is 32.2. The molecule has 1 aliphatic rings. The van der Waals surface area contributed by atoms with E-state index in [-0.39, 0.29) is 27.9 Å². The van der Waals surface area contributed by atoms with Crippen molar-refractivity contribution in [3.63, 3.8) is 0 Å². The normalized spacial score (nSPS) is 26.9. The summed E-state index contributed by atoms with van der Waals surface area (Å²) >= 11 is 1.26. The lowest BCUT2D eigenvalue weighted by molar-refractivity contribution is -0.155. The molecule has 1 aliphatic carbocycles. The predicted octanol–water partition coefficient (Wildman–Crippen LogP) is 5.07. The van der Waals surface area contributed by atoms with Gasteiger partial charge in [0.1, 0.15) is 6.10 Å². The number of hydrogen-bond donors (Lipinski definition) is 0. The first kappa shape index (κ1) is 20.5. The van der Waals surface area contributed by atoms with E-state index in [1.807, 2.05) is 27.7 Å². The molecule has 0 spiro atoms. The summed E-state index contributed by atoms with van der Waals surface area (Å²) in [6.45, 7) is 14.3. The summed E-state index contributed by atoms with van der Waals surface area (Å²) in [6.07, 6.45) is 3.69. The third-order valence-electron chi connectivity index (χ3n) is 4.62. The molecule has 0 aliphatic heterocycles. The van der Waals surface area contributed by atoms with Gasteiger partial charge in [-0.15, -0.1) is 0 Å². The van der Waals surface area contributed by atoms with Crippen molar-refractivity contribution in [2.75, 3.05) is 0 Å². The van der Waals surface area contributed by atoms with Gasteiger partial charge in [-0.05, 0) is 30.6 Å². The van der Waals surface area contributed by atoms with Crippen molar-refractivity contribution in [1.29, 1.82) is 0 Å². The minimum absolute atomic E-state index is 0.0345. The molecule has 0 saturated heterocycles. The molecule has 0 amide bonds. The third kappa shape index (κ3) is 6.86. The van der Waals surface area contributed by atoms with Crippen LogP contribution in [0.15, 0.2) is 0 Å². The number of ether oxygens (including phenoxy) is 1. The highest BCUT2D eigenvalue weighted by molar-refractivity contribution is 8.14. The summed E-state index contributed by atoms with van der Waals surface area (Å²) in [5, 5.41) is 0.0943. The molecule has 4 heteroatoms. The summed E-state index contributed by atoms with van der Waals surface area (Å²) in [5.41, 5.74) is -0.371. The zero-order chi connectivity index (χ0) is 17.8. The van der Waals surface area contributed by atoms with Gasteiger partial charge in [0.05, 0.1) is 6.42 Å². The van der Waals surface area contributed by atoms with E-state index in [9.17, 15) is 9.59 Å². The predicted molar refractivity (Wildman–Crippen MR) is 97.4 cm³/mol. The Kier molecular flexibility index (Phi) is 7.63. The van der Waals surface area contributed by atoms with Gasteiger partial charge < -0.3 is 4.74 Å². The fourth-order valence-corrected chi connectivity index (χ4v) is 4.04. The lowest BCUT2D eigenvalue weighted by Crippen LogP contribution is -2.36. The van der Waals surface area contributed by atoms with Crippen molar-refractivity contribution in [2.24, 2.45) is 23.2 Å². The van der Waals surface area contributed by atoms with Crippen molar-refractivity contribution >= 4 is 22.8 Å². The number of thioether (sulfide) groups is 1. The van der Waals surface area contributed by atoms with Gasteiger partial charge in [-0.1, -0.05) is 66.6 Å². The average molecular weight is 343 g/mol. The zero-order valence-corrected chi connectivity index (χ0v) is 16.7. The maximum atomic E-state index is 12.3.